The van der Waals surface area contributed by atoms with E-state index in [9.17, 15) is 4.79 Å². The van der Waals surface area contributed by atoms with Crippen LogP contribution in [0.4, 0.5) is 0 Å². The molecular weight excluding hydrogens is 372 g/mol. The van der Waals surface area contributed by atoms with Gasteiger partial charge < -0.3 is 0 Å². The van der Waals surface area contributed by atoms with Gasteiger partial charge in [-0.2, -0.15) is 0 Å². The van der Waals surface area contributed by atoms with Crippen LogP contribution in [0.3, 0.4) is 0 Å². The minimum absolute atomic E-state index is 0.0162. The second-order valence-corrected chi connectivity index (χ2v) is 6.83. The maximum absolute atomic E-state index is 12.7. The van der Waals surface area contributed by atoms with Crippen LogP contribution < -0.4 is 5.56 Å². The van der Waals surface area contributed by atoms with E-state index in [4.69, 9.17) is 11.6 Å². The number of thiophene rings is 1. The van der Waals surface area contributed by atoms with Gasteiger partial charge in [-0.3, -0.25) is 9.36 Å². The lowest BCUT2D eigenvalue weighted by atomic mass is 10.2. The molecule has 1 aromatic carbocycles. The number of hydrogen-bond acceptors (Lipinski definition) is 3. The third-order valence-corrected chi connectivity index (χ3v) is 5.40. The summed E-state index contributed by atoms with van der Waals surface area (Å²) in [7, 11) is 0. The van der Waals surface area contributed by atoms with Crippen molar-refractivity contribution in [2.24, 2.45) is 0 Å². The SMILES string of the molecule is CCc1nc2c(Br)csc2c(=O)n1Cc1ccc(Cl)cc1. The lowest BCUT2D eigenvalue weighted by Gasteiger charge is -2.11. The maximum Gasteiger partial charge on any atom is 0.271 e. The van der Waals surface area contributed by atoms with Crippen molar-refractivity contribution in [2.75, 3.05) is 0 Å². The van der Waals surface area contributed by atoms with E-state index in [-0.39, 0.29) is 5.56 Å². The molecule has 21 heavy (non-hydrogen) atoms. The standard InChI is InChI=1S/C15H12BrClN2OS/c1-2-12-18-13-11(16)8-21-14(13)15(20)19(12)7-9-3-5-10(17)6-4-9/h3-6,8H,2,7H2,1H3. The van der Waals surface area contributed by atoms with Crippen LogP contribution in [0.1, 0.15) is 18.3 Å². The van der Waals surface area contributed by atoms with Crippen molar-refractivity contribution in [1.82, 2.24) is 9.55 Å². The fourth-order valence-corrected chi connectivity index (χ4v) is 3.86. The molecule has 2 aromatic heterocycles. The average Bonchev–Trinajstić information content (AvgIpc) is 2.85. The molecule has 0 saturated heterocycles. The van der Waals surface area contributed by atoms with Crippen molar-refractivity contribution in [2.45, 2.75) is 19.9 Å². The molecular formula is C15H12BrClN2OS. The molecule has 108 valence electrons. The van der Waals surface area contributed by atoms with Gasteiger partial charge in [0.15, 0.2) is 0 Å². The van der Waals surface area contributed by atoms with Crippen LogP contribution in [0, 0.1) is 0 Å². The van der Waals surface area contributed by atoms with Crippen LogP contribution in [0.25, 0.3) is 10.2 Å². The summed E-state index contributed by atoms with van der Waals surface area (Å²) in [5.74, 6) is 0.793. The highest BCUT2D eigenvalue weighted by Gasteiger charge is 2.14. The minimum atomic E-state index is 0.0162. The molecule has 0 atom stereocenters. The van der Waals surface area contributed by atoms with Crippen LogP contribution in [0.5, 0.6) is 0 Å². The summed E-state index contributed by atoms with van der Waals surface area (Å²) >= 11 is 10.8. The van der Waals surface area contributed by atoms with E-state index in [0.717, 1.165) is 21.4 Å². The van der Waals surface area contributed by atoms with Gasteiger partial charge in [-0.1, -0.05) is 30.7 Å². The highest BCUT2D eigenvalue weighted by Crippen LogP contribution is 2.26. The summed E-state index contributed by atoms with van der Waals surface area (Å²) in [6.07, 6.45) is 0.709. The summed E-state index contributed by atoms with van der Waals surface area (Å²) in [6, 6.07) is 7.54. The molecule has 0 N–H and O–H groups in total. The number of hydrogen-bond donors (Lipinski definition) is 0. The largest absolute Gasteiger partial charge is 0.291 e. The predicted octanol–water partition coefficient (Wildman–Crippen LogP) is 4.48. The lowest BCUT2D eigenvalue weighted by molar-refractivity contribution is 0.687. The first-order valence-corrected chi connectivity index (χ1v) is 8.56. The van der Waals surface area contributed by atoms with E-state index in [2.05, 4.69) is 20.9 Å². The fraction of sp³-hybridized carbons (Fsp3) is 0.200. The Bertz CT molecular complexity index is 854. The molecule has 0 radical (unpaired) electrons. The summed E-state index contributed by atoms with van der Waals surface area (Å²) in [4.78, 5) is 17.3. The number of benzene rings is 1. The van der Waals surface area contributed by atoms with Crippen molar-refractivity contribution >= 4 is 49.1 Å². The van der Waals surface area contributed by atoms with Gasteiger partial charge in [-0.15, -0.1) is 11.3 Å². The minimum Gasteiger partial charge on any atom is -0.291 e. The normalized spacial score (nSPS) is 11.2. The number of fused-ring (bicyclic) bond motifs is 1. The summed E-state index contributed by atoms with van der Waals surface area (Å²) in [6.45, 7) is 2.52. The average molecular weight is 384 g/mol. The Balaban J connectivity index is 2.14. The second-order valence-electron chi connectivity index (χ2n) is 4.66. The molecule has 6 heteroatoms. The van der Waals surface area contributed by atoms with E-state index in [1.807, 2.05) is 36.6 Å². The second kappa shape index (κ2) is 5.91. The van der Waals surface area contributed by atoms with E-state index >= 15 is 0 Å². The number of aromatic nitrogens is 2. The number of rotatable bonds is 3. The zero-order valence-corrected chi connectivity index (χ0v) is 14.4. The van der Waals surface area contributed by atoms with Crippen molar-refractivity contribution in [3.05, 3.63) is 60.9 Å². The molecule has 3 nitrogen and oxygen atoms in total. The van der Waals surface area contributed by atoms with Crippen LogP contribution in [-0.2, 0) is 13.0 Å². The number of halogens is 2. The molecule has 2 heterocycles. The highest BCUT2D eigenvalue weighted by atomic mass is 79.9. The molecule has 0 spiro atoms. The Labute approximate surface area is 139 Å². The molecule has 3 rings (SSSR count). The van der Waals surface area contributed by atoms with Gasteiger partial charge in [0.1, 0.15) is 16.0 Å². The Morgan fingerprint density at radius 3 is 2.71 bits per heavy atom. The van der Waals surface area contributed by atoms with Gasteiger partial charge in [0, 0.05) is 16.8 Å². The molecule has 0 fully saturated rings. The van der Waals surface area contributed by atoms with Gasteiger partial charge >= 0.3 is 0 Å². The van der Waals surface area contributed by atoms with E-state index < -0.39 is 0 Å². The van der Waals surface area contributed by atoms with Crippen LogP contribution in [-0.4, -0.2) is 9.55 Å². The van der Waals surface area contributed by atoms with Gasteiger partial charge in [0.05, 0.1) is 11.0 Å². The zero-order chi connectivity index (χ0) is 15.0. The Hall–Kier alpha value is -1.17. The van der Waals surface area contributed by atoms with Crippen molar-refractivity contribution < 1.29 is 0 Å². The van der Waals surface area contributed by atoms with Crippen molar-refractivity contribution in [3.63, 3.8) is 0 Å². The molecule has 0 aliphatic carbocycles. The van der Waals surface area contributed by atoms with Crippen LogP contribution >= 0.6 is 38.9 Å². The molecule has 0 bridgehead atoms. The first kappa shape index (κ1) is 14.8. The van der Waals surface area contributed by atoms with Gasteiger partial charge in [-0.05, 0) is 33.6 Å². The van der Waals surface area contributed by atoms with E-state index in [0.29, 0.717) is 22.7 Å². The van der Waals surface area contributed by atoms with Gasteiger partial charge in [0.25, 0.3) is 5.56 Å². The Morgan fingerprint density at radius 2 is 2.05 bits per heavy atom. The highest BCUT2D eigenvalue weighted by molar-refractivity contribution is 9.10. The third-order valence-electron chi connectivity index (χ3n) is 3.28. The van der Waals surface area contributed by atoms with Gasteiger partial charge in [0.2, 0.25) is 0 Å². The van der Waals surface area contributed by atoms with Crippen LogP contribution in [0.2, 0.25) is 5.02 Å². The number of nitrogens with zero attached hydrogens (tertiary/aromatic N) is 2. The van der Waals surface area contributed by atoms with E-state index in [1.54, 1.807) is 4.57 Å². The zero-order valence-electron chi connectivity index (χ0n) is 11.3. The van der Waals surface area contributed by atoms with E-state index in [1.165, 1.54) is 11.3 Å². The summed E-state index contributed by atoms with van der Waals surface area (Å²) in [5.41, 5.74) is 1.81. The van der Waals surface area contributed by atoms with Crippen molar-refractivity contribution in [1.29, 1.82) is 0 Å². The Morgan fingerprint density at radius 1 is 1.33 bits per heavy atom. The number of aryl methyl sites for hydroxylation is 1. The molecule has 0 aliphatic rings. The maximum atomic E-state index is 12.7. The summed E-state index contributed by atoms with van der Waals surface area (Å²) < 4.78 is 3.31. The fourth-order valence-electron chi connectivity index (χ4n) is 2.22. The molecule has 0 saturated carbocycles. The monoisotopic (exact) mass is 382 g/mol. The molecule has 0 unspecified atom stereocenters. The molecule has 3 aromatic rings. The predicted molar refractivity (Wildman–Crippen MR) is 91.5 cm³/mol. The molecule has 0 aliphatic heterocycles. The summed E-state index contributed by atoms with van der Waals surface area (Å²) in [5, 5.41) is 2.60. The quantitative estimate of drug-likeness (QED) is 0.668. The molecule has 0 amide bonds. The topological polar surface area (TPSA) is 34.9 Å². The van der Waals surface area contributed by atoms with Crippen LogP contribution in [0.15, 0.2) is 38.9 Å². The lowest BCUT2D eigenvalue weighted by Crippen LogP contribution is -2.25. The third kappa shape index (κ3) is 2.78. The van der Waals surface area contributed by atoms with Crippen molar-refractivity contribution in [3.8, 4) is 0 Å². The first-order valence-electron chi connectivity index (χ1n) is 6.51. The smallest absolute Gasteiger partial charge is 0.271 e. The first-order chi connectivity index (χ1) is 10.1. The van der Waals surface area contributed by atoms with Gasteiger partial charge in [-0.25, -0.2) is 4.98 Å². The Kier molecular flexibility index (Phi) is 4.15.